The van der Waals surface area contributed by atoms with Crippen LogP contribution in [-0.2, 0) is 13.1 Å². The van der Waals surface area contributed by atoms with Crippen molar-refractivity contribution in [2.75, 3.05) is 13.1 Å². The first-order valence-electron chi connectivity index (χ1n) is 8.68. The summed E-state index contributed by atoms with van der Waals surface area (Å²) < 4.78 is 6.48. The van der Waals surface area contributed by atoms with E-state index in [0.717, 1.165) is 53.0 Å². The summed E-state index contributed by atoms with van der Waals surface area (Å²) in [6.45, 7) is 4.02. The fraction of sp³-hybridized carbons (Fsp3) is 0.368. The monoisotopic (exact) mass is 398 g/mol. The fourth-order valence-corrected chi connectivity index (χ4v) is 4.35. The van der Waals surface area contributed by atoms with Gasteiger partial charge in [0.2, 0.25) is 0 Å². The molecule has 0 aliphatic carbocycles. The van der Waals surface area contributed by atoms with Crippen LogP contribution in [0.4, 0.5) is 0 Å². The molecule has 5 nitrogen and oxygen atoms in total. The van der Waals surface area contributed by atoms with Gasteiger partial charge in [-0.2, -0.15) is 0 Å². The van der Waals surface area contributed by atoms with Crippen LogP contribution < -0.4 is 0 Å². The van der Waals surface area contributed by atoms with E-state index in [-0.39, 0.29) is 0 Å². The Labute approximate surface area is 154 Å². The number of piperazine rings is 1. The quantitative estimate of drug-likeness (QED) is 0.673. The first-order valence-corrected chi connectivity index (χ1v) is 9.47. The third kappa shape index (κ3) is 2.88. The van der Waals surface area contributed by atoms with Crippen molar-refractivity contribution in [3.05, 3.63) is 58.5 Å². The zero-order valence-electron chi connectivity index (χ0n) is 13.8. The Morgan fingerprint density at radius 2 is 1.92 bits per heavy atom. The minimum Gasteiger partial charge on any atom is -0.356 e. The predicted molar refractivity (Wildman–Crippen MR) is 99.0 cm³/mol. The summed E-state index contributed by atoms with van der Waals surface area (Å²) in [6, 6.07) is 13.5. The van der Waals surface area contributed by atoms with Crippen LogP contribution in [0.1, 0.15) is 17.8 Å². The Bertz CT molecular complexity index is 882. The van der Waals surface area contributed by atoms with Crippen LogP contribution in [0.15, 0.2) is 51.6 Å². The van der Waals surface area contributed by atoms with Gasteiger partial charge in [0, 0.05) is 54.3 Å². The second kappa shape index (κ2) is 6.20. The van der Waals surface area contributed by atoms with Crippen LogP contribution in [0.3, 0.4) is 0 Å². The van der Waals surface area contributed by atoms with Gasteiger partial charge >= 0.3 is 0 Å². The zero-order valence-corrected chi connectivity index (χ0v) is 15.4. The number of fused-ring (bicyclic) bond motifs is 3. The molecular formula is C19H19BrN4O. The highest BCUT2D eigenvalue weighted by Gasteiger charge is 2.44. The van der Waals surface area contributed by atoms with Gasteiger partial charge in [-0.25, -0.2) is 0 Å². The zero-order chi connectivity index (χ0) is 16.8. The molecule has 6 rings (SSSR count). The van der Waals surface area contributed by atoms with E-state index in [0.29, 0.717) is 12.1 Å². The largest absolute Gasteiger partial charge is 0.356 e. The van der Waals surface area contributed by atoms with Gasteiger partial charge in [-0.3, -0.25) is 14.8 Å². The van der Waals surface area contributed by atoms with E-state index in [2.05, 4.69) is 54.1 Å². The summed E-state index contributed by atoms with van der Waals surface area (Å²) in [5, 5.41) is 5.44. The van der Waals surface area contributed by atoms with Crippen molar-refractivity contribution >= 4 is 26.9 Å². The summed E-state index contributed by atoms with van der Waals surface area (Å²) in [5.74, 6) is 0. The molecule has 0 amide bonds. The number of benzene rings is 1. The first-order chi connectivity index (χ1) is 12.3. The lowest BCUT2D eigenvalue weighted by molar-refractivity contribution is -0.0784. The molecule has 0 N–H and O–H groups in total. The topological polar surface area (TPSA) is 45.4 Å². The van der Waals surface area contributed by atoms with Gasteiger partial charge in [0.25, 0.3) is 0 Å². The molecule has 3 aliphatic heterocycles. The number of nitrogens with zero attached hydrogens (tertiary/aromatic N) is 4. The molecule has 2 bridgehead atoms. The highest BCUT2D eigenvalue weighted by Crippen LogP contribution is 2.35. The minimum absolute atomic E-state index is 0.615. The van der Waals surface area contributed by atoms with Crippen LogP contribution in [0, 0.1) is 0 Å². The normalized spacial score (nSPS) is 23.7. The maximum atomic E-state index is 5.45. The summed E-state index contributed by atoms with van der Waals surface area (Å²) in [6.07, 6.45) is 3.17. The lowest BCUT2D eigenvalue weighted by Gasteiger charge is -2.56. The molecule has 128 valence electrons. The smallest absolute Gasteiger partial charge is 0.167 e. The Kier molecular flexibility index (Phi) is 3.84. The highest BCUT2D eigenvalue weighted by atomic mass is 79.9. The number of halogens is 1. The van der Waals surface area contributed by atoms with Gasteiger partial charge in [0.15, 0.2) is 5.58 Å². The van der Waals surface area contributed by atoms with E-state index in [4.69, 9.17) is 4.52 Å². The Hall–Kier alpha value is -1.76. The van der Waals surface area contributed by atoms with E-state index in [1.165, 1.54) is 6.42 Å². The van der Waals surface area contributed by atoms with Crippen molar-refractivity contribution in [2.45, 2.75) is 31.6 Å². The Morgan fingerprint density at radius 1 is 1.08 bits per heavy atom. The van der Waals surface area contributed by atoms with Gasteiger partial charge in [0.05, 0.1) is 5.69 Å². The number of pyridine rings is 1. The molecule has 0 spiro atoms. The van der Waals surface area contributed by atoms with Crippen molar-refractivity contribution in [3.63, 3.8) is 0 Å². The molecule has 3 fully saturated rings. The summed E-state index contributed by atoms with van der Waals surface area (Å²) in [5.41, 5.74) is 3.08. The second-order valence-corrected chi connectivity index (χ2v) is 7.92. The van der Waals surface area contributed by atoms with Crippen molar-refractivity contribution < 1.29 is 4.52 Å². The van der Waals surface area contributed by atoms with E-state index in [1.54, 1.807) is 0 Å². The van der Waals surface area contributed by atoms with Crippen LogP contribution in [-0.4, -0.2) is 45.1 Å². The molecule has 2 unspecified atom stereocenters. The van der Waals surface area contributed by atoms with Gasteiger partial charge < -0.3 is 4.52 Å². The lowest BCUT2D eigenvalue weighted by atomic mass is 9.87. The van der Waals surface area contributed by atoms with E-state index >= 15 is 0 Å². The number of hydrogen-bond acceptors (Lipinski definition) is 5. The predicted octanol–water partition coefficient (Wildman–Crippen LogP) is 3.44. The maximum Gasteiger partial charge on any atom is 0.167 e. The van der Waals surface area contributed by atoms with Gasteiger partial charge in [0.1, 0.15) is 5.69 Å². The van der Waals surface area contributed by atoms with E-state index < -0.39 is 0 Å². The number of aromatic nitrogens is 2. The number of rotatable bonds is 4. The van der Waals surface area contributed by atoms with Crippen LogP contribution in [0.2, 0.25) is 0 Å². The molecule has 3 aromatic rings. The van der Waals surface area contributed by atoms with E-state index in [1.807, 2.05) is 24.4 Å². The van der Waals surface area contributed by atoms with Crippen molar-refractivity contribution in [1.82, 2.24) is 19.9 Å². The average Bonchev–Trinajstić information content (AvgIpc) is 3.05. The van der Waals surface area contributed by atoms with Crippen molar-refractivity contribution in [2.24, 2.45) is 0 Å². The van der Waals surface area contributed by atoms with Crippen LogP contribution in [0.5, 0.6) is 0 Å². The third-order valence-corrected chi connectivity index (χ3v) is 5.85. The van der Waals surface area contributed by atoms with E-state index in [9.17, 15) is 0 Å². The standard InChI is InChI=1S/C19H19BrN4O/c20-13-5-6-14(21-8-13)9-23-10-15-7-16(11-23)24(15)12-18-17-3-1-2-4-19(17)25-22-18/h1-6,8,15-16H,7,9-12H2. The van der Waals surface area contributed by atoms with Gasteiger partial charge in [-0.15, -0.1) is 0 Å². The maximum absolute atomic E-state index is 5.45. The summed E-state index contributed by atoms with van der Waals surface area (Å²) in [4.78, 5) is 9.60. The van der Waals surface area contributed by atoms with Crippen molar-refractivity contribution in [3.8, 4) is 0 Å². The number of hydrogen-bond donors (Lipinski definition) is 0. The van der Waals surface area contributed by atoms with Gasteiger partial charge in [-0.05, 0) is 46.6 Å². The summed E-state index contributed by atoms with van der Waals surface area (Å²) in [7, 11) is 0. The Balaban J connectivity index is 1.25. The molecule has 0 saturated carbocycles. The first kappa shape index (κ1) is 15.5. The number of piperidine rings is 1. The molecule has 6 heteroatoms. The summed E-state index contributed by atoms with van der Waals surface area (Å²) >= 11 is 3.44. The molecule has 1 aromatic carbocycles. The average molecular weight is 399 g/mol. The van der Waals surface area contributed by atoms with Gasteiger partial charge in [-0.1, -0.05) is 17.3 Å². The minimum atomic E-state index is 0.615. The van der Waals surface area contributed by atoms with Crippen LogP contribution in [0.25, 0.3) is 11.0 Å². The van der Waals surface area contributed by atoms with Crippen LogP contribution >= 0.6 is 15.9 Å². The lowest BCUT2D eigenvalue weighted by Crippen LogP contribution is -2.67. The molecule has 25 heavy (non-hydrogen) atoms. The number of para-hydroxylation sites is 1. The Morgan fingerprint density at radius 3 is 2.72 bits per heavy atom. The molecular weight excluding hydrogens is 380 g/mol. The third-order valence-electron chi connectivity index (χ3n) is 5.38. The molecule has 2 atom stereocenters. The molecule has 2 aromatic heterocycles. The SMILES string of the molecule is Brc1ccc(CN2CC3CC(C2)N3Cc2noc3ccccc23)nc1. The van der Waals surface area contributed by atoms with Crippen molar-refractivity contribution in [1.29, 1.82) is 0 Å². The fourth-order valence-electron chi connectivity index (χ4n) is 4.12. The molecule has 5 heterocycles. The molecule has 3 aliphatic rings. The highest BCUT2D eigenvalue weighted by molar-refractivity contribution is 9.10. The molecule has 3 saturated heterocycles. The molecule has 0 radical (unpaired) electrons. The second-order valence-electron chi connectivity index (χ2n) is 7.00.